The number of nitrogens with one attached hydrogen (secondary N) is 3. The Morgan fingerprint density at radius 3 is 2.40 bits per heavy atom. The number of amides is 2. The molecular weight excluding hydrogens is 316 g/mol. The Kier molecular flexibility index (Phi) is 7.62. The zero-order valence-corrected chi connectivity index (χ0v) is 14.1. The summed E-state index contributed by atoms with van der Waals surface area (Å²) >= 11 is 0. The van der Waals surface area contributed by atoms with Crippen LogP contribution in [0.3, 0.4) is 0 Å². The fourth-order valence-electron chi connectivity index (χ4n) is 2.28. The normalized spacial score (nSPS) is 10.3. The molecule has 0 atom stereocenters. The van der Waals surface area contributed by atoms with Crippen LogP contribution in [0.2, 0.25) is 0 Å². The number of nitrogens with two attached hydrogens (primary N) is 1. The Hall–Kier alpha value is -2.70. The summed E-state index contributed by atoms with van der Waals surface area (Å²) in [5, 5.41) is 8.59. The van der Waals surface area contributed by atoms with E-state index >= 15 is 0 Å². The van der Waals surface area contributed by atoms with E-state index in [1.807, 2.05) is 42.5 Å². The van der Waals surface area contributed by atoms with Crippen molar-refractivity contribution in [2.75, 3.05) is 19.6 Å². The maximum atomic E-state index is 12.2. The quantitative estimate of drug-likeness (QED) is 0.507. The van der Waals surface area contributed by atoms with Crippen molar-refractivity contribution in [3.63, 3.8) is 0 Å². The van der Waals surface area contributed by atoms with E-state index in [4.69, 9.17) is 5.73 Å². The van der Waals surface area contributed by atoms with Crippen LogP contribution in [0.1, 0.15) is 21.5 Å². The van der Waals surface area contributed by atoms with Crippen molar-refractivity contribution in [1.29, 1.82) is 0 Å². The Bertz CT molecular complexity index is 689. The highest BCUT2D eigenvalue weighted by molar-refractivity contribution is 5.96. The van der Waals surface area contributed by atoms with Gasteiger partial charge in [-0.1, -0.05) is 42.5 Å². The van der Waals surface area contributed by atoms with Gasteiger partial charge in [0.1, 0.15) is 0 Å². The summed E-state index contributed by atoms with van der Waals surface area (Å²) in [4.78, 5) is 24.0. The van der Waals surface area contributed by atoms with Crippen LogP contribution in [0.5, 0.6) is 0 Å². The van der Waals surface area contributed by atoms with Gasteiger partial charge >= 0.3 is 0 Å². The van der Waals surface area contributed by atoms with E-state index in [0.717, 1.165) is 17.7 Å². The molecule has 0 saturated carbocycles. The minimum absolute atomic E-state index is 0.0542. The lowest BCUT2D eigenvalue weighted by Gasteiger charge is -2.09. The van der Waals surface area contributed by atoms with Crippen LogP contribution in [0, 0.1) is 0 Å². The van der Waals surface area contributed by atoms with Gasteiger partial charge in [-0.25, -0.2) is 0 Å². The predicted octanol–water partition coefficient (Wildman–Crippen LogP) is 0.781. The largest absolute Gasteiger partial charge is 0.350 e. The van der Waals surface area contributed by atoms with Crippen molar-refractivity contribution >= 4 is 11.8 Å². The highest BCUT2D eigenvalue weighted by atomic mass is 16.2. The standard InChI is InChI=1S/C19H24N4O2/c20-9-10-21-12-16-7-4-8-17(11-16)19(25)23-14-18(24)22-13-15-5-2-1-3-6-15/h1-8,11,21H,9-10,12-14,20H2,(H,22,24)(H,23,25). The zero-order valence-electron chi connectivity index (χ0n) is 14.1. The minimum Gasteiger partial charge on any atom is -0.350 e. The number of rotatable bonds is 9. The van der Waals surface area contributed by atoms with Gasteiger partial charge in [0.25, 0.3) is 5.91 Å². The monoisotopic (exact) mass is 340 g/mol. The molecule has 0 radical (unpaired) electrons. The van der Waals surface area contributed by atoms with Gasteiger partial charge in [-0.2, -0.15) is 0 Å². The average molecular weight is 340 g/mol. The van der Waals surface area contributed by atoms with Crippen LogP contribution < -0.4 is 21.7 Å². The van der Waals surface area contributed by atoms with Gasteiger partial charge in [0.15, 0.2) is 0 Å². The fraction of sp³-hybridized carbons (Fsp3) is 0.263. The minimum atomic E-state index is -0.268. The Balaban J connectivity index is 1.77. The maximum absolute atomic E-state index is 12.2. The maximum Gasteiger partial charge on any atom is 0.251 e. The Labute approximate surface area is 147 Å². The third-order valence-corrected chi connectivity index (χ3v) is 3.58. The van der Waals surface area contributed by atoms with E-state index in [1.54, 1.807) is 12.1 Å². The zero-order chi connectivity index (χ0) is 17.9. The SMILES string of the molecule is NCCNCc1cccc(C(=O)NCC(=O)NCc2ccccc2)c1. The Morgan fingerprint density at radius 1 is 0.880 bits per heavy atom. The highest BCUT2D eigenvalue weighted by Crippen LogP contribution is 2.05. The van der Waals surface area contributed by atoms with Gasteiger partial charge in [-0.3, -0.25) is 9.59 Å². The summed E-state index contributed by atoms with van der Waals surface area (Å²) in [5.74, 6) is -0.492. The summed E-state index contributed by atoms with van der Waals surface area (Å²) in [5.41, 5.74) is 7.98. The van der Waals surface area contributed by atoms with Crippen LogP contribution in [-0.4, -0.2) is 31.4 Å². The van der Waals surface area contributed by atoms with Crippen molar-refractivity contribution in [3.8, 4) is 0 Å². The van der Waals surface area contributed by atoms with Crippen LogP contribution in [0.4, 0.5) is 0 Å². The molecule has 132 valence electrons. The first-order valence-corrected chi connectivity index (χ1v) is 8.27. The molecule has 0 saturated heterocycles. The van der Waals surface area contributed by atoms with Gasteiger partial charge in [0.05, 0.1) is 6.54 Å². The molecule has 25 heavy (non-hydrogen) atoms. The summed E-state index contributed by atoms with van der Waals surface area (Å²) in [7, 11) is 0. The van der Waals surface area contributed by atoms with E-state index in [0.29, 0.717) is 25.2 Å². The number of carbonyl (C=O) groups is 2. The van der Waals surface area contributed by atoms with E-state index < -0.39 is 0 Å². The molecule has 0 aliphatic heterocycles. The summed E-state index contributed by atoms with van der Waals surface area (Å²) in [6.07, 6.45) is 0. The van der Waals surface area contributed by atoms with Crippen molar-refractivity contribution < 1.29 is 9.59 Å². The molecular formula is C19H24N4O2. The van der Waals surface area contributed by atoms with Crippen LogP contribution >= 0.6 is 0 Å². The van der Waals surface area contributed by atoms with E-state index in [-0.39, 0.29) is 18.4 Å². The summed E-state index contributed by atoms with van der Waals surface area (Å²) < 4.78 is 0. The molecule has 0 aliphatic rings. The molecule has 0 spiro atoms. The molecule has 6 nitrogen and oxygen atoms in total. The topological polar surface area (TPSA) is 96.2 Å². The molecule has 0 bridgehead atoms. The smallest absolute Gasteiger partial charge is 0.251 e. The van der Waals surface area contributed by atoms with Crippen LogP contribution in [-0.2, 0) is 17.9 Å². The molecule has 2 aromatic rings. The molecule has 0 heterocycles. The molecule has 2 rings (SSSR count). The molecule has 0 fully saturated rings. The molecule has 6 heteroatoms. The Morgan fingerprint density at radius 2 is 1.64 bits per heavy atom. The predicted molar refractivity (Wildman–Crippen MR) is 97.8 cm³/mol. The van der Waals surface area contributed by atoms with E-state index in [1.165, 1.54) is 0 Å². The third kappa shape index (κ3) is 6.74. The van der Waals surface area contributed by atoms with Crippen molar-refractivity contribution in [3.05, 3.63) is 71.3 Å². The summed E-state index contributed by atoms with van der Waals surface area (Å²) in [6, 6.07) is 16.9. The van der Waals surface area contributed by atoms with E-state index in [9.17, 15) is 9.59 Å². The van der Waals surface area contributed by atoms with Gasteiger partial charge < -0.3 is 21.7 Å². The van der Waals surface area contributed by atoms with Crippen LogP contribution in [0.15, 0.2) is 54.6 Å². The first-order chi connectivity index (χ1) is 12.2. The van der Waals surface area contributed by atoms with Crippen LogP contribution in [0.25, 0.3) is 0 Å². The summed E-state index contributed by atoms with van der Waals surface area (Å²) in [6.45, 7) is 2.32. The van der Waals surface area contributed by atoms with Gasteiger partial charge in [0.2, 0.25) is 5.91 Å². The first-order valence-electron chi connectivity index (χ1n) is 8.27. The van der Waals surface area contributed by atoms with Crippen molar-refractivity contribution in [1.82, 2.24) is 16.0 Å². The molecule has 5 N–H and O–H groups in total. The second kappa shape index (κ2) is 10.2. The average Bonchev–Trinajstić information content (AvgIpc) is 2.66. The van der Waals surface area contributed by atoms with E-state index in [2.05, 4.69) is 16.0 Å². The second-order valence-corrected chi connectivity index (χ2v) is 5.61. The van der Waals surface area contributed by atoms with Crippen molar-refractivity contribution in [2.24, 2.45) is 5.73 Å². The molecule has 2 amide bonds. The highest BCUT2D eigenvalue weighted by Gasteiger charge is 2.08. The second-order valence-electron chi connectivity index (χ2n) is 5.61. The number of hydrogen-bond acceptors (Lipinski definition) is 4. The fourth-order valence-corrected chi connectivity index (χ4v) is 2.28. The number of carbonyl (C=O) groups excluding carboxylic acids is 2. The van der Waals surface area contributed by atoms with Gasteiger partial charge in [0, 0.05) is 31.7 Å². The lowest BCUT2D eigenvalue weighted by Crippen LogP contribution is -2.36. The molecule has 0 aliphatic carbocycles. The lowest BCUT2D eigenvalue weighted by atomic mass is 10.1. The van der Waals surface area contributed by atoms with Gasteiger partial charge in [-0.05, 0) is 23.3 Å². The molecule has 2 aromatic carbocycles. The molecule has 0 aromatic heterocycles. The third-order valence-electron chi connectivity index (χ3n) is 3.58. The first kappa shape index (κ1) is 18.6. The van der Waals surface area contributed by atoms with Gasteiger partial charge in [-0.15, -0.1) is 0 Å². The lowest BCUT2D eigenvalue weighted by molar-refractivity contribution is -0.120. The van der Waals surface area contributed by atoms with Crippen molar-refractivity contribution in [2.45, 2.75) is 13.1 Å². The number of hydrogen-bond donors (Lipinski definition) is 4. The number of benzene rings is 2. The molecule has 0 unspecified atom stereocenters.